The van der Waals surface area contributed by atoms with Crippen molar-refractivity contribution in [2.45, 2.75) is 6.54 Å². The Morgan fingerprint density at radius 3 is 2.30 bits per heavy atom. The Kier molecular flexibility index (Phi) is 4.79. The molecule has 0 aliphatic rings. The van der Waals surface area contributed by atoms with E-state index < -0.39 is 0 Å². The molecule has 27 heavy (non-hydrogen) atoms. The molecule has 0 bridgehead atoms. The minimum Gasteiger partial charge on any atom is -0.492 e. The highest BCUT2D eigenvalue weighted by Crippen LogP contribution is 2.26. The molecular formula is C23H23N3O. The van der Waals surface area contributed by atoms with E-state index in [9.17, 15) is 0 Å². The predicted molar refractivity (Wildman–Crippen MR) is 111 cm³/mol. The van der Waals surface area contributed by atoms with Gasteiger partial charge in [0.15, 0.2) is 0 Å². The highest BCUT2D eigenvalue weighted by molar-refractivity contribution is 5.80. The molecule has 0 aliphatic heterocycles. The molecule has 0 amide bonds. The van der Waals surface area contributed by atoms with E-state index in [0.717, 1.165) is 34.7 Å². The third kappa shape index (κ3) is 3.65. The zero-order chi connectivity index (χ0) is 18.6. The summed E-state index contributed by atoms with van der Waals surface area (Å²) in [4.78, 5) is 6.97. The highest BCUT2D eigenvalue weighted by atomic mass is 16.5. The van der Waals surface area contributed by atoms with E-state index in [1.807, 2.05) is 50.5 Å². The molecule has 1 heterocycles. The van der Waals surface area contributed by atoms with Gasteiger partial charge in [0, 0.05) is 25.3 Å². The van der Waals surface area contributed by atoms with Crippen molar-refractivity contribution in [1.29, 1.82) is 0 Å². The monoisotopic (exact) mass is 357 g/mol. The Bertz CT molecular complexity index is 1020. The number of imidazole rings is 1. The van der Waals surface area contributed by atoms with Gasteiger partial charge in [0.05, 0.1) is 17.6 Å². The molecule has 136 valence electrons. The standard InChI is InChI=1S/C23H23N3O/c1-25(2)19-14-12-18(13-15-19)23-24-21-10-6-7-11-22(21)26(23)16-17-27-20-8-4-3-5-9-20/h3-15H,16-17H2,1-2H3. The number of hydrogen-bond acceptors (Lipinski definition) is 3. The lowest BCUT2D eigenvalue weighted by Gasteiger charge is -2.14. The van der Waals surface area contributed by atoms with Crippen LogP contribution in [-0.4, -0.2) is 30.3 Å². The average Bonchev–Trinajstić information content (AvgIpc) is 3.08. The summed E-state index contributed by atoms with van der Waals surface area (Å²) in [5.74, 6) is 1.86. The van der Waals surface area contributed by atoms with Crippen LogP contribution in [0.3, 0.4) is 0 Å². The summed E-state index contributed by atoms with van der Waals surface area (Å²) in [6, 6.07) is 26.7. The van der Waals surface area contributed by atoms with Crippen LogP contribution in [0.1, 0.15) is 0 Å². The second kappa shape index (κ2) is 7.54. The maximum atomic E-state index is 5.91. The quantitative estimate of drug-likeness (QED) is 0.494. The molecule has 0 unspecified atom stereocenters. The van der Waals surface area contributed by atoms with E-state index in [1.54, 1.807) is 0 Å². The average molecular weight is 357 g/mol. The number of hydrogen-bond donors (Lipinski definition) is 0. The second-order valence-corrected chi connectivity index (χ2v) is 6.68. The van der Waals surface area contributed by atoms with Crippen molar-refractivity contribution in [2.75, 3.05) is 25.6 Å². The fourth-order valence-electron chi connectivity index (χ4n) is 3.20. The molecule has 0 aliphatic carbocycles. The van der Waals surface area contributed by atoms with Gasteiger partial charge in [-0.25, -0.2) is 4.98 Å². The van der Waals surface area contributed by atoms with Crippen LogP contribution in [0.5, 0.6) is 5.75 Å². The van der Waals surface area contributed by atoms with E-state index in [-0.39, 0.29) is 0 Å². The van der Waals surface area contributed by atoms with Gasteiger partial charge in [0.25, 0.3) is 0 Å². The molecule has 0 N–H and O–H groups in total. The van der Waals surface area contributed by atoms with E-state index in [1.165, 1.54) is 5.69 Å². The highest BCUT2D eigenvalue weighted by Gasteiger charge is 2.12. The van der Waals surface area contributed by atoms with Gasteiger partial charge in [-0.3, -0.25) is 0 Å². The summed E-state index contributed by atoms with van der Waals surface area (Å²) >= 11 is 0. The number of aromatic nitrogens is 2. The molecule has 0 saturated carbocycles. The first-order valence-electron chi connectivity index (χ1n) is 9.13. The van der Waals surface area contributed by atoms with Crippen molar-refractivity contribution in [3.05, 3.63) is 78.9 Å². The van der Waals surface area contributed by atoms with Gasteiger partial charge >= 0.3 is 0 Å². The van der Waals surface area contributed by atoms with E-state index in [2.05, 4.69) is 51.9 Å². The number of benzene rings is 3. The summed E-state index contributed by atoms with van der Waals surface area (Å²) in [5, 5.41) is 0. The van der Waals surface area contributed by atoms with E-state index >= 15 is 0 Å². The summed E-state index contributed by atoms with van der Waals surface area (Å²) in [6.07, 6.45) is 0. The Hall–Kier alpha value is -3.27. The number of rotatable bonds is 6. The van der Waals surface area contributed by atoms with Crippen molar-refractivity contribution in [3.8, 4) is 17.1 Å². The Morgan fingerprint density at radius 1 is 0.852 bits per heavy atom. The first-order chi connectivity index (χ1) is 13.2. The molecule has 4 rings (SSSR count). The number of nitrogens with zero attached hydrogens (tertiary/aromatic N) is 3. The van der Waals surface area contributed by atoms with Gasteiger partial charge in [-0.05, 0) is 48.5 Å². The van der Waals surface area contributed by atoms with Gasteiger partial charge in [-0.2, -0.15) is 0 Å². The molecule has 4 aromatic rings. The fourth-order valence-corrected chi connectivity index (χ4v) is 3.20. The number of anilines is 1. The van der Waals surface area contributed by atoms with Crippen LogP contribution in [0, 0.1) is 0 Å². The van der Waals surface area contributed by atoms with Crippen LogP contribution in [-0.2, 0) is 6.54 Å². The SMILES string of the molecule is CN(C)c1ccc(-c2nc3ccccc3n2CCOc2ccccc2)cc1. The molecule has 3 aromatic carbocycles. The molecule has 0 radical (unpaired) electrons. The van der Waals surface area contributed by atoms with Crippen molar-refractivity contribution >= 4 is 16.7 Å². The van der Waals surface area contributed by atoms with Gasteiger partial charge in [0.1, 0.15) is 18.2 Å². The van der Waals surface area contributed by atoms with Crippen LogP contribution in [0.15, 0.2) is 78.9 Å². The summed E-state index contributed by atoms with van der Waals surface area (Å²) in [5.41, 5.74) is 4.41. The van der Waals surface area contributed by atoms with Gasteiger partial charge in [-0.15, -0.1) is 0 Å². The molecule has 0 fully saturated rings. The molecule has 0 atom stereocenters. The molecule has 0 saturated heterocycles. The van der Waals surface area contributed by atoms with Crippen LogP contribution in [0.4, 0.5) is 5.69 Å². The Labute approximate surface area is 159 Å². The largest absolute Gasteiger partial charge is 0.492 e. The number of para-hydroxylation sites is 3. The molecule has 0 spiro atoms. The van der Waals surface area contributed by atoms with Crippen molar-refractivity contribution in [1.82, 2.24) is 9.55 Å². The molecule has 4 nitrogen and oxygen atoms in total. The first kappa shape index (κ1) is 17.2. The van der Waals surface area contributed by atoms with Crippen LogP contribution in [0.2, 0.25) is 0 Å². The Morgan fingerprint density at radius 2 is 1.56 bits per heavy atom. The lowest BCUT2D eigenvalue weighted by Crippen LogP contribution is -2.10. The topological polar surface area (TPSA) is 30.3 Å². The van der Waals surface area contributed by atoms with Crippen LogP contribution in [0.25, 0.3) is 22.4 Å². The summed E-state index contributed by atoms with van der Waals surface area (Å²) < 4.78 is 8.15. The zero-order valence-corrected chi connectivity index (χ0v) is 15.7. The maximum Gasteiger partial charge on any atom is 0.141 e. The van der Waals surface area contributed by atoms with Crippen LogP contribution < -0.4 is 9.64 Å². The third-order valence-electron chi connectivity index (χ3n) is 4.62. The fraction of sp³-hybridized carbons (Fsp3) is 0.174. The minimum atomic E-state index is 0.590. The van der Waals surface area contributed by atoms with Gasteiger partial charge in [-0.1, -0.05) is 30.3 Å². The summed E-state index contributed by atoms with van der Waals surface area (Å²) in [6.45, 7) is 1.33. The van der Waals surface area contributed by atoms with Crippen LogP contribution >= 0.6 is 0 Å². The summed E-state index contributed by atoms with van der Waals surface area (Å²) in [7, 11) is 4.09. The Balaban J connectivity index is 1.64. The number of ether oxygens (including phenoxy) is 1. The van der Waals surface area contributed by atoms with Gasteiger partial charge in [0.2, 0.25) is 0 Å². The lowest BCUT2D eigenvalue weighted by atomic mass is 10.2. The van der Waals surface area contributed by atoms with Crippen molar-refractivity contribution < 1.29 is 4.74 Å². The molecular weight excluding hydrogens is 334 g/mol. The maximum absolute atomic E-state index is 5.91. The third-order valence-corrected chi connectivity index (χ3v) is 4.62. The molecule has 1 aromatic heterocycles. The second-order valence-electron chi connectivity index (χ2n) is 6.68. The van der Waals surface area contributed by atoms with Gasteiger partial charge < -0.3 is 14.2 Å². The normalized spacial score (nSPS) is 10.9. The minimum absolute atomic E-state index is 0.590. The number of fused-ring (bicyclic) bond motifs is 1. The van der Waals surface area contributed by atoms with Crippen molar-refractivity contribution in [3.63, 3.8) is 0 Å². The van der Waals surface area contributed by atoms with E-state index in [4.69, 9.17) is 9.72 Å². The zero-order valence-electron chi connectivity index (χ0n) is 15.7. The molecule has 4 heteroatoms. The first-order valence-corrected chi connectivity index (χ1v) is 9.13. The lowest BCUT2D eigenvalue weighted by molar-refractivity contribution is 0.301. The smallest absolute Gasteiger partial charge is 0.141 e. The van der Waals surface area contributed by atoms with Crippen molar-refractivity contribution in [2.24, 2.45) is 0 Å². The predicted octanol–water partition coefficient (Wildman–Crippen LogP) is 4.85. The van der Waals surface area contributed by atoms with E-state index in [0.29, 0.717) is 6.61 Å².